The third-order valence-electron chi connectivity index (χ3n) is 2.92. The van der Waals surface area contributed by atoms with Gasteiger partial charge in [0.25, 0.3) is 0 Å². The molecular formula is C12H16N2O4. The number of furan rings is 1. The van der Waals surface area contributed by atoms with Crippen LogP contribution < -0.4 is 5.32 Å². The second-order valence-corrected chi connectivity index (χ2v) is 4.27. The Morgan fingerprint density at radius 1 is 1.61 bits per heavy atom. The second-order valence-electron chi connectivity index (χ2n) is 4.27. The van der Waals surface area contributed by atoms with Gasteiger partial charge in [0, 0.05) is 19.5 Å². The fraction of sp³-hybridized carbons (Fsp3) is 0.500. The Hall–Kier alpha value is -1.82. The molecule has 1 aliphatic heterocycles. The first-order chi connectivity index (χ1) is 8.70. The fourth-order valence-electron chi connectivity index (χ4n) is 2.01. The highest BCUT2D eigenvalue weighted by Crippen LogP contribution is 2.20. The van der Waals surface area contributed by atoms with Gasteiger partial charge in [0.05, 0.1) is 25.3 Å². The summed E-state index contributed by atoms with van der Waals surface area (Å²) >= 11 is 0. The van der Waals surface area contributed by atoms with Gasteiger partial charge in [-0.15, -0.1) is 0 Å². The molecule has 1 saturated heterocycles. The van der Waals surface area contributed by atoms with E-state index in [0.717, 1.165) is 0 Å². The van der Waals surface area contributed by atoms with Gasteiger partial charge in [-0.25, -0.2) is 0 Å². The van der Waals surface area contributed by atoms with Crippen molar-refractivity contribution in [2.24, 2.45) is 5.92 Å². The van der Waals surface area contributed by atoms with E-state index in [0.29, 0.717) is 18.8 Å². The van der Waals surface area contributed by atoms with Crippen LogP contribution in [0.3, 0.4) is 0 Å². The van der Waals surface area contributed by atoms with E-state index in [1.54, 1.807) is 23.3 Å². The van der Waals surface area contributed by atoms with Gasteiger partial charge in [0.15, 0.2) is 0 Å². The minimum Gasteiger partial charge on any atom is -0.467 e. The first kappa shape index (κ1) is 12.6. The van der Waals surface area contributed by atoms with Crippen LogP contribution in [0, 0.1) is 5.92 Å². The molecule has 6 heteroatoms. The lowest BCUT2D eigenvalue weighted by molar-refractivity contribution is -0.129. The minimum absolute atomic E-state index is 0.0458. The number of likely N-dealkylation sites (tertiary alicyclic amines) is 1. The van der Waals surface area contributed by atoms with Crippen LogP contribution >= 0.6 is 0 Å². The Balaban J connectivity index is 1.88. The number of hydrogen-bond donors (Lipinski definition) is 2. The van der Waals surface area contributed by atoms with Gasteiger partial charge in [-0.3, -0.25) is 9.59 Å². The Morgan fingerprint density at radius 2 is 2.44 bits per heavy atom. The number of rotatable bonds is 5. The van der Waals surface area contributed by atoms with Gasteiger partial charge in [-0.2, -0.15) is 0 Å². The van der Waals surface area contributed by atoms with Gasteiger partial charge < -0.3 is 19.7 Å². The van der Waals surface area contributed by atoms with Crippen molar-refractivity contribution in [2.75, 3.05) is 19.7 Å². The summed E-state index contributed by atoms with van der Waals surface area (Å²) in [6, 6.07) is 3.56. The molecule has 1 aromatic heterocycles. The van der Waals surface area contributed by atoms with E-state index in [4.69, 9.17) is 9.52 Å². The zero-order valence-electron chi connectivity index (χ0n) is 9.96. The fourth-order valence-corrected chi connectivity index (χ4v) is 2.01. The number of nitrogens with one attached hydrogen (secondary N) is 1. The van der Waals surface area contributed by atoms with Crippen molar-refractivity contribution in [3.05, 3.63) is 24.2 Å². The molecule has 2 N–H and O–H groups in total. The Morgan fingerprint density at radius 3 is 3.11 bits per heavy atom. The average molecular weight is 252 g/mol. The number of carbonyl (C=O) groups excluding carboxylic acids is 2. The lowest BCUT2D eigenvalue weighted by Crippen LogP contribution is -2.34. The number of nitrogens with zero attached hydrogens (tertiary/aromatic N) is 1. The summed E-state index contributed by atoms with van der Waals surface area (Å²) in [5.74, 6) is 0.147. The molecule has 2 amide bonds. The van der Waals surface area contributed by atoms with Crippen LogP contribution in [0.1, 0.15) is 12.2 Å². The van der Waals surface area contributed by atoms with Gasteiger partial charge in [-0.05, 0) is 12.1 Å². The van der Waals surface area contributed by atoms with Crippen molar-refractivity contribution in [2.45, 2.75) is 13.0 Å². The zero-order chi connectivity index (χ0) is 13.0. The van der Waals surface area contributed by atoms with Crippen LogP contribution in [0.5, 0.6) is 0 Å². The highest BCUT2D eigenvalue weighted by molar-refractivity contribution is 5.89. The molecule has 0 saturated carbocycles. The third kappa shape index (κ3) is 2.89. The van der Waals surface area contributed by atoms with Crippen molar-refractivity contribution in [1.82, 2.24) is 10.2 Å². The van der Waals surface area contributed by atoms with Crippen LogP contribution in [-0.4, -0.2) is 41.5 Å². The van der Waals surface area contributed by atoms with E-state index in [1.807, 2.05) is 0 Å². The van der Waals surface area contributed by atoms with Crippen LogP contribution in [-0.2, 0) is 16.1 Å². The summed E-state index contributed by atoms with van der Waals surface area (Å²) < 4.78 is 5.18. The number of aliphatic hydroxyl groups is 1. The van der Waals surface area contributed by atoms with E-state index in [9.17, 15) is 9.59 Å². The number of hydrogen-bond acceptors (Lipinski definition) is 4. The molecule has 1 aliphatic rings. The van der Waals surface area contributed by atoms with Crippen molar-refractivity contribution < 1.29 is 19.1 Å². The maximum atomic E-state index is 11.7. The summed E-state index contributed by atoms with van der Waals surface area (Å²) in [7, 11) is 0. The predicted octanol–water partition coefficient (Wildman–Crippen LogP) is -0.263. The molecule has 1 aromatic rings. The quantitative estimate of drug-likeness (QED) is 0.756. The van der Waals surface area contributed by atoms with Gasteiger partial charge in [0.2, 0.25) is 11.8 Å². The summed E-state index contributed by atoms with van der Waals surface area (Å²) in [5.41, 5.74) is 0. The molecular weight excluding hydrogens is 236 g/mol. The molecule has 2 heterocycles. The van der Waals surface area contributed by atoms with Crippen molar-refractivity contribution in [3.8, 4) is 0 Å². The van der Waals surface area contributed by atoms with E-state index in [1.165, 1.54) is 0 Å². The van der Waals surface area contributed by atoms with Gasteiger partial charge >= 0.3 is 0 Å². The molecule has 98 valence electrons. The third-order valence-corrected chi connectivity index (χ3v) is 2.92. The first-order valence-corrected chi connectivity index (χ1v) is 5.89. The van der Waals surface area contributed by atoms with Crippen molar-refractivity contribution in [1.29, 1.82) is 0 Å². The lowest BCUT2D eigenvalue weighted by atomic mass is 10.1. The Bertz CT molecular complexity index is 416. The molecule has 0 aromatic carbocycles. The second kappa shape index (κ2) is 5.68. The molecule has 0 spiro atoms. The highest BCUT2D eigenvalue weighted by atomic mass is 16.3. The Kier molecular flexibility index (Phi) is 3.99. The smallest absolute Gasteiger partial charge is 0.225 e. The molecule has 0 aliphatic carbocycles. The molecule has 1 atom stereocenters. The first-order valence-electron chi connectivity index (χ1n) is 5.89. The normalized spacial score (nSPS) is 19.3. The van der Waals surface area contributed by atoms with E-state index in [-0.39, 0.29) is 37.3 Å². The summed E-state index contributed by atoms with van der Waals surface area (Å²) in [4.78, 5) is 25.0. The van der Waals surface area contributed by atoms with E-state index < -0.39 is 0 Å². The minimum atomic E-state index is -0.334. The number of carbonyl (C=O) groups is 2. The van der Waals surface area contributed by atoms with Crippen LogP contribution in [0.25, 0.3) is 0 Å². The SMILES string of the molecule is O=C(NCCO)C1CC(=O)N(Cc2ccco2)C1. The number of amides is 2. The molecule has 18 heavy (non-hydrogen) atoms. The molecule has 0 radical (unpaired) electrons. The van der Waals surface area contributed by atoms with E-state index >= 15 is 0 Å². The maximum Gasteiger partial charge on any atom is 0.225 e. The maximum absolute atomic E-state index is 11.7. The topological polar surface area (TPSA) is 82.8 Å². The molecule has 2 rings (SSSR count). The van der Waals surface area contributed by atoms with Gasteiger partial charge in [0.1, 0.15) is 5.76 Å². The van der Waals surface area contributed by atoms with Crippen LogP contribution in [0.2, 0.25) is 0 Å². The molecule has 6 nitrogen and oxygen atoms in total. The highest BCUT2D eigenvalue weighted by Gasteiger charge is 2.34. The lowest BCUT2D eigenvalue weighted by Gasteiger charge is -2.14. The van der Waals surface area contributed by atoms with Crippen LogP contribution in [0.4, 0.5) is 0 Å². The summed E-state index contributed by atoms with van der Waals surface area (Å²) in [6.45, 7) is 0.927. The summed E-state index contributed by atoms with van der Waals surface area (Å²) in [5, 5.41) is 11.2. The standard InChI is InChI=1S/C12H16N2O4/c15-4-3-13-12(17)9-6-11(16)14(7-9)8-10-2-1-5-18-10/h1-2,5,9,15H,3-4,6-8H2,(H,13,17). The molecule has 1 fully saturated rings. The largest absolute Gasteiger partial charge is 0.467 e. The van der Waals surface area contributed by atoms with E-state index in [2.05, 4.69) is 5.32 Å². The average Bonchev–Trinajstić information content (AvgIpc) is 2.98. The zero-order valence-corrected chi connectivity index (χ0v) is 9.96. The van der Waals surface area contributed by atoms with Gasteiger partial charge in [-0.1, -0.05) is 0 Å². The van der Waals surface area contributed by atoms with Crippen molar-refractivity contribution in [3.63, 3.8) is 0 Å². The molecule has 1 unspecified atom stereocenters. The number of aliphatic hydroxyl groups excluding tert-OH is 1. The Labute approximate surface area is 105 Å². The predicted molar refractivity (Wildman–Crippen MR) is 62.3 cm³/mol. The molecule has 0 bridgehead atoms. The van der Waals surface area contributed by atoms with Crippen molar-refractivity contribution >= 4 is 11.8 Å². The monoisotopic (exact) mass is 252 g/mol. The summed E-state index contributed by atoms with van der Waals surface area (Å²) in [6.07, 6.45) is 1.78. The van der Waals surface area contributed by atoms with Crippen LogP contribution in [0.15, 0.2) is 22.8 Å².